The lowest BCUT2D eigenvalue weighted by Gasteiger charge is -2.29. The Kier molecular flexibility index (Phi) is 6.15. The van der Waals surface area contributed by atoms with E-state index in [-0.39, 0.29) is 7.12 Å². The van der Waals surface area contributed by atoms with Crippen molar-refractivity contribution in [2.75, 3.05) is 19.7 Å². The van der Waals surface area contributed by atoms with E-state index >= 15 is 0 Å². The zero-order chi connectivity index (χ0) is 20.1. The zero-order valence-corrected chi connectivity index (χ0v) is 17.3. The third-order valence-electron chi connectivity index (χ3n) is 5.82. The van der Waals surface area contributed by atoms with Gasteiger partial charge in [0, 0.05) is 6.54 Å². The van der Waals surface area contributed by atoms with Gasteiger partial charge < -0.3 is 9.31 Å². The van der Waals surface area contributed by atoms with Crippen LogP contribution in [0, 0.1) is 0 Å². The van der Waals surface area contributed by atoms with E-state index in [1.54, 1.807) is 0 Å². The maximum Gasteiger partial charge on any atom is 0.495 e. The van der Waals surface area contributed by atoms with Gasteiger partial charge in [-0.25, -0.2) is 0 Å². The van der Waals surface area contributed by atoms with Crippen LogP contribution >= 0.6 is 0 Å². The summed E-state index contributed by atoms with van der Waals surface area (Å²) >= 11 is 0. The number of hydrogen-bond donors (Lipinski definition) is 0. The van der Waals surface area contributed by atoms with E-state index < -0.39 is 5.60 Å². The Balaban J connectivity index is 1.70. The molecule has 148 valence electrons. The Labute approximate surface area is 174 Å². The van der Waals surface area contributed by atoms with Gasteiger partial charge in [-0.2, -0.15) is 0 Å². The quantitative estimate of drug-likeness (QED) is 0.569. The van der Waals surface area contributed by atoms with Crippen LogP contribution in [0.3, 0.4) is 0 Å². The molecule has 3 nitrogen and oxygen atoms in total. The van der Waals surface area contributed by atoms with Crippen LogP contribution < -0.4 is 5.46 Å². The van der Waals surface area contributed by atoms with Crippen molar-refractivity contribution in [1.29, 1.82) is 0 Å². The first-order valence-electron chi connectivity index (χ1n) is 10.5. The average molecular weight is 385 g/mol. The largest absolute Gasteiger partial charge is 0.495 e. The second kappa shape index (κ2) is 8.96. The van der Waals surface area contributed by atoms with Crippen molar-refractivity contribution >= 4 is 12.6 Å². The van der Waals surface area contributed by atoms with Crippen molar-refractivity contribution in [3.63, 3.8) is 0 Å². The van der Waals surface area contributed by atoms with Crippen molar-refractivity contribution in [3.8, 4) is 0 Å². The van der Waals surface area contributed by atoms with Crippen LogP contribution in [0.15, 0.2) is 84.9 Å². The summed E-state index contributed by atoms with van der Waals surface area (Å²) in [6.07, 6.45) is 0. The number of rotatable bonds is 7. The summed E-state index contributed by atoms with van der Waals surface area (Å²) in [7, 11) is -0.387. The van der Waals surface area contributed by atoms with E-state index in [9.17, 15) is 0 Å². The molecule has 0 saturated carbocycles. The van der Waals surface area contributed by atoms with Gasteiger partial charge in [0.15, 0.2) is 0 Å². The van der Waals surface area contributed by atoms with Crippen LogP contribution in [0.2, 0.25) is 0 Å². The molecular formula is C25H28BNO2. The Morgan fingerprint density at radius 3 is 1.93 bits per heavy atom. The van der Waals surface area contributed by atoms with Gasteiger partial charge in [0.2, 0.25) is 0 Å². The topological polar surface area (TPSA) is 21.7 Å². The molecule has 1 saturated heterocycles. The van der Waals surface area contributed by atoms with Gasteiger partial charge in [0.05, 0.1) is 6.61 Å². The summed E-state index contributed by atoms with van der Waals surface area (Å²) in [5.41, 5.74) is 4.02. The highest BCUT2D eigenvalue weighted by molar-refractivity contribution is 6.62. The molecule has 3 aromatic carbocycles. The molecule has 1 aliphatic rings. The maximum absolute atomic E-state index is 6.76. The van der Waals surface area contributed by atoms with Gasteiger partial charge in [-0.15, -0.1) is 0 Å². The molecule has 1 aliphatic heterocycles. The summed E-state index contributed by atoms with van der Waals surface area (Å²) in [6, 6.07) is 29.3. The van der Waals surface area contributed by atoms with Crippen molar-refractivity contribution in [3.05, 3.63) is 102 Å². The SMILES string of the molecule is CCN(CC)Cc1ccccc1B1OCC(c2ccccc2)(c2ccccc2)O1. The van der Waals surface area contributed by atoms with E-state index in [1.807, 2.05) is 12.1 Å². The third kappa shape index (κ3) is 4.02. The van der Waals surface area contributed by atoms with Crippen molar-refractivity contribution < 1.29 is 9.31 Å². The standard InChI is InChI=1S/C25H28BNO2/c1-3-27(4-2)19-21-13-11-12-18-24(21)26-28-20-25(29-26,22-14-7-5-8-15-22)23-16-9-6-10-17-23/h5-18H,3-4,19-20H2,1-2H3. The van der Waals surface area contributed by atoms with Gasteiger partial charge in [-0.1, -0.05) is 98.8 Å². The summed E-state index contributed by atoms with van der Waals surface area (Å²) < 4.78 is 13.1. The van der Waals surface area contributed by atoms with E-state index in [2.05, 4.69) is 91.5 Å². The molecule has 0 aliphatic carbocycles. The number of benzene rings is 3. The second-order valence-electron chi connectivity index (χ2n) is 7.48. The number of nitrogens with zero attached hydrogens (tertiary/aromatic N) is 1. The van der Waals surface area contributed by atoms with Gasteiger partial charge in [-0.3, -0.25) is 4.90 Å². The fourth-order valence-corrected chi connectivity index (χ4v) is 4.08. The van der Waals surface area contributed by atoms with E-state index in [0.29, 0.717) is 6.61 Å². The molecule has 0 N–H and O–H groups in total. The first-order valence-corrected chi connectivity index (χ1v) is 10.5. The lowest BCUT2D eigenvalue weighted by atomic mass is 9.75. The van der Waals surface area contributed by atoms with Crippen LogP contribution in [-0.2, 0) is 21.5 Å². The fraction of sp³-hybridized carbons (Fsp3) is 0.280. The lowest BCUT2D eigenvalue weighted by Crippen LogP contribution is -2.39. The normalized spacial score (nSPS) is 15.8. The van der Waals surface area contributed by atoms with E-state index in [4.69, 9.17) is 9.31 Å². The molecule has 3 aromatic rings. The van der Waals surface area contributed by atoms with Gasteiger partial charge in [0.1, 0.15) is 5.60 Å². The molecule has 0 aromatic heterocycles. The molecule has 4 heteroatoms. The zero-order valence-electron chi connectivity index (χ0n) is 17.3. The molecule has 0 radical (unpaired) electrons. The molecular weight excluding hydrogens is 357 g/mol. The van der Waals surface area contributed by atoms with Crippen LogP contribution in [0.1, 0.15) is 30.5 Å². The average Bonchev–Trinajstić information content (AvgIpc) is 3.25. The molecule has 0 atom stereocenters. The van der Waals surface area contributed by atoms with Gasteiger partial charge >= 0.3 is 7.12 Å². The highest BCUT2D eigenvalue weighted by atomic mass is 16.7. The smallest absolute Gasteiger partial charge is 0.404 e. The van der Waals surface area contributed by atoms with Crippen molar-refractivity contribution in [2.45, 2.75) is 26.0 Å². The molecule has 0 amide bonds. The minimum atomic E-state index is -0.602. The molecule has 0 unspecified atom stereocenters. The molecule has 29 heavy (non-hydrogen) atoms. The third-order valence-corrected chi connectivity index (χ3v) is 5.82. The first-order chi connectivity index (χ1) is 14.3. The second-order valence-corrected chi connectivity index (χ2v) is 7.48. The molecule has 1 fully saturated rings. The Morgan fingerprint density at radius 1 is 0.793 bits per heavy atom. The van der Waals surface area contributed by atoms with Crippen LogP contribution in [0.5, 0.6) is 0 Å². The fourth-order valence-electron chi connectivity index (χ4n) is 4.08. The van der Waals surface area contributed by atoms with Gasteiger partial charge in [-0.05, 0) is 35.2 Å². The predicted molar refractivity (Wildman–Crippen MR) is 119 cm³/mol. The Bertz CT molecular complexity index is 873. The molecule has 0 bridgehead atoms. The maximum atomic E-state index is 6.76. The van der Waals surface area contributed by atoms with E-state index in [1.165, 1.54) is 5.56 Å². The first kappa shape index (κ1) is 19.9. The van der Waals surface area contributed by atoms with Crippen LogP contribution in [0.25, 0.3) is 0 Å². The molecule has 0 spiro atoms. The number of hydrogen-bond acceptors (Lipinski definition) is 3. The highest BCUT2D eigenvalue weighted by Gasteiger charge is 2.47. The Morgan fingerprint density at radius 2 is 1.34 bits per heavy atom. The minimum absolute atomic E-state index is 0.387. The van der Waals surface area contributed by atoms with Crippen molar-refractivity contribution in [1.82, 2.24) is 4.90 Å². The van der Waals surface area contributed by atoms with E-state index in [0.717, 1.165) is 36.2 Å². The Hall–Kier alpha value is -2.40. The van der Waals surface area contributed by atoms with Crippen LogP contribution in [0.4, 0.5) is 0 Å². The van der Waals surface area contributed by atoms with Crippen LogP contribution in [-0.4, -0.2) is 31.7 Å². The van der Waals surface area contributed by atoms with Gasteiger partial charge in [0.25, 0.3) is 0 Å². The minimum Gasteiger partial charge on any atom is -0.404 e. The highest BCUT2D eigenvalue weighted by Crippen LogP contribution is 2.38. The summed E-state index contributed by atoms with van der Waals surface area (Å²) in [4.78, 5) is 2.41. The lowest BCUT2D eigenvalue weighted by molar-refractivity contribution is 0.139. The monoisotopic (exact) mass is 385 g/mol. The molecule has 1 heterocycles. The predicted octanol–water partition coefficient (Wildman–Crippen LogP) is 4.21. The molecule has 4 rings (SSSR count). The summed E-state index contributed by atoms with van der Waals surface area (Å²) in [5, 5.41) is 0. The van der Waals surface area contributed by atoms with Crippen molar-refractivity contribution in [2.24, 2.45) is 0 Å². The summed E-state index contributed by atoms with van der Waals surface area (Å²) in [5.74, 6) is 0. The summed E-state index contributed by atoms with van der Waals surface area (Å²) in [6.45, 7) is 7.83.